The van der Waals surface area contributed by atoms with Crippen LogP contribution in [-0.2, 0) is 0 Å². The van der Waals surface area contributed by atoms with Crippen LogP contribution in [0.2, 0.25) is 0 Å². The average Bonchev–Trinajstić information content (AvgIpc) is 3.24. The van der Waals surface area contributed by atoms with E-state index in [0.717, 1.165) is 29.9 Å². The third kappa shape index (κ3) is 3.26. The van der Waals surface area contributed by atoms with Gasteiger partial charge in [0.25, 0.3) is 0 Å². The first-order valence-electron chi connectivity index (χ1n) is 6.54. The maximum Gasteiger partial charge on any atom is 0.168 e. The van der Waals surface area contributed by atoms with E-state index in [1.807, 2.05) is 12.1 Å². The zero-order chi connectivity index (χ0) is 15.7. The Bertz CT molecular complexity index is 771. The van der Waals surface area contributed by atoms with Gasteiger partial charge in [-0.25, -0.2) is 8.78 Å². The van der Waals surface area contributed by atoms with Crippen molar-refractivity contribution in [3.05, 3.63) is 52.5 Å². The van der Waals surface area contributed by atoms with Crippen molar-refractivity contribution < 1.29 is 13.5 Å². The van der Waals surface area contributed by atoms with Crippen molar-refractivity contribution in [2.45, 2.75) is 22.5 Å². The molecule has 3 rings (SSSR count). The second-order valence-electron chi connectivity index (χ2n) is 4.98. The molecule has 1 fully saturated rings. The van der Waals surface area contributed by atoms with Gasteiger partial charge in [0.15, 0.2) is 11.6 Å². The Kier molecular flexibility index (Phi) is 4.11. The second kappa shape index (κ2) is 5.90. The molecular formula is C16H10BrF2NOS. The quantitative estimate of drug-likeness (QED) is 0.683. The minimum atomic E-state index is -0.758. The maximum atomic E-state index is 13.6. The summed E-state index contributed by atoms with van der Waals surface area (Å²) < 4.78 is 32.3. The van der Waals surface area contributed by atoms with Crippen LogP contribution in [-0.4, -0.2) is 4.75 Å². The van der Waals surface area contributed by atoms with Crippen molar-refractivity contribution in [3.63, 3.8) is 0 Å². The molecular weight excluding hydrogens is 372 g/mol. The molecule has 0 atom stereocenters. The summed E-state index contributed by atoms with van der Waals surface area (Å²) in [6.45, 7) is 0. The zero-order valence-corrected chi connectivity index (χ0v) is 13.7. The third-order valence-electron chi connectivity index (χ3n) is 3.24. The highest BCUT2D eigenvalue weighted by Gasteiger charge is 2.44. The van der Waals surface area contributed by atoms with Crippen LogP contribution >= 0.6 is 27.7 Å². The standard InChI is InChI=1S/C16H10BrF2NOS/c17-12-8-11(22-16(9-20)5-6-16)2-4-14(12)21-15-3-1-10(18)7-13(15)19/h1-4,7-8H,5-6H2. The Morgan fingerprint density at radius 1 is 1.14 bits per heavy atom. The van der Waals surface area contributed by atoms with Crippen LogP contribution in [0.25, 0.3) is 0 Å². The van der Waals surface area contributed by atoms with Crippen LogP contribution in [0.15, 0.2) is 45.8 Å². The molecule has 0 saturated heterocycles. The first kappa shape index (κ1) is 15.3. The number of halogens is 3. The summed E-state index contributed by atoms with van der Waals surface area (Å²) in [6.07, 6.45) is 1.79. The lowest BCUT2D eigenvalue weighted by Gasteiger charge is -2.11. The van der Waals surface area contributed by atoms with Gasteiger partial charge in [0.1, 0.15) is 16.3 Å². The molecule has 0 aromatic heterocycles. The van der Waals surface area contributed by atoms with Gasteiger partial charge in [-0.3, -0.25) is 0 Å². The third-order valence-corrected chi connectivity index (χ3v) is 5.24. The van der Waals surface area contributed by atoms with Gasteiger partial charge in [-0.15, -0.1) is 11.8 Å². The Morgan fingerprint density at radius 3 is 2.45 bits per heavy atom. The molecule has 0 radical (unpaired) electrons. The lowest BCUT2D eigenvalue weighted by molar-refractivity contribution is 0.435. The van der Waals surface area contributed by atoms with Crippen molar-refractivity contribution >= 4 is 27.7 Å². The van der Waals surface area contributed by atoms with Crippen LogP contribution in [0.3, 0.4) is 0 Å². The first-order valence-corrected chi connectivity index (χ1v) is 8.15. The molecule has 1 aliphatic carbocycles. The summed E-state index contributed by atoms with van der Waals surface area (Å²) >= 11 is 4.90. The molecule has 0 N–H and O–H groups in total. The number of nitrogens with zero attached hydrogens (tertiary/aromatic N) is 1. The van der Waals surface area contributed by atoms with Crippen molar-refractivity contribution in [2.24, 2.45) is 0 Å². The topological polar surface area (TPSA) is 33.0 Å². The molecule has 22 heavy (non-hydrogen) atoms. The van der Waals surface area contributed by atoms with Crippen molar-refractivity contribution in [3.8, 4) is 17.6 Å². The monoisotopic (exact) mass is 381 g/mol. The van der Waals surface area contributed by atoms with E-state index in [1.54, 1.807) is 6.07 Å². The Balaban J connectivity index is 1.79. The molecule has 1 saturated carbocycles. The molecule has 0 unspecified atom stereocenters. The number of benzene rings is 2. The summed E-state index contributed by atoms with van der Waals surface area (Å²) in [7, 11) is 0. The lowest BCUT2D eigenvalue weighted by Crippen LogP contribution is -1.96. The molecule has 0 amide bonds. The van der Waals surface area contributed by atoms with Crippen LogP contribution in [0.1, 0.15) is 12.8 Å². The van der Waals surface area contributed by atoms with Crippen molar-refractivity contribution in [2.75, 3.05) is 0 Å². The number of rotatable bonds is 4. The highest BCUT2D eigenvalue weighted by Crippen LogP contribution is 2.51. The molecule has 0 bridgehead atoms. The smallest absolute Gasteiger partial charge is 0.168 e. The highest BCUT2D eigenvalue weighted by molar-refractivity contribution is 9.10. The van der Waals surface area contributed by atoms with Crippen LogP contribution in [0.5, 0.6) is 11.5 Å². The van der Waals surface area contributed by atoms with E-state index in [4.69, 9.17) is 10.00 Å². The van der Waals surface area contributed by atoms with Gasteiger partial charge in [0.05, 0.1) is 10.5 Å². The molecule has 1 aliphatic rings. The van der Waals surface area contributed by atoms with Gasteiger partial charge in [0, 0.05) is 11.0 Å². The van der Waals surface area contributed by atoms with Gasteiger partial charge in [-0.1, -0.05) is 0 Å². The first-order chi connectivity index (χ1) is 10.5. The molecule has 0 heterocycles. The van der Waals surface area contributed by atoms with E-state index < -0.39 is 11.6 Å². The number of hydrogen-bond acceptors (Lipinski definition) is 3. The summed E-state index contributed by atoms with van der Waals surface area (Å²) in [4.78, 5) is 0.942. The van der Waals surface area contributed by atoms with Crippen LogP contribution in [0.4, 0.5) is 8.78 Å². The van der Waals surface area contributed by atoms with Crippen molar-refractivity contribution in [1.82, 2.24) is 0 Å². The Labute approximate surface area is 139 Å². The minimum absolute atomic E-state index is 0.0433. The molecule has 6 heteroatoms. The van der Waals surface area contributed by atoms with E-state index in [-0.39, 0.29) is 10.5 Å². The normalized spacial score (nSPS) is 15.2. The van der Waals surface area contributed by atoms with Gasteiger partial charge in [-0.2, -0.15) is 5.26 Å². The summed E-state index contributed by atoms with van der Waals surface area (Å²) in [5.74, 6) is -1.02. The summed E-state index contributed by atoms with van der Waals surface area (Å²) in [5, 5.41) is 9.11. The predicted molar refractivity (Wildman–Crippen MR) is 84.0 cm³/mol. The average molecular weight is 382 g/mol. The van der Waals surface area contributed by atoms with Crippen LogP contribution in [0, 0.1) is 23.0 Å². The lowest BCUT2D eigenvalue weighted by atomic mass is 10.3. The van der Waals surface area contributed by atoms with E-state index in [1.165, 1.54) is 17.8 Å². The molecule has 2 aromatic carbocycles. The summed E-state index contributed by atoms with van der Waals surface area (Å²) in [6, 6.07) is 10.8. The van der Waals surface area contributed by atoms with E-state index in [2.05, 4.69) is 22.0 Å². The largest absolute Gasteiger partial charge is 0.453 e. The van der Waals surface area contributed by atoms with Gasteiger partial charge >= 0.3 is 0 Å². The zero-order valence-electron chi connectivity index (χ0n) is 11.3. The fourth-order valence-electron chi connectivity index (χ4n) is 1.88. The fourth-order valence-corrected chi connectivity index (χ4v) is 3.61. The molecule has 0 aliphatic heterocycles. The number of hydrogen-bond donors (Lipinski definition) is 0. The number of ether oxygens (including phenoxy) is 1. The molecule has 2 nitrogen and oxygen atoms in total. The molecule has 0 spiro atoms. The highest BCUT2D eigenvalue weighted by atomic mass is 79.9. The van der Waals surface area contributed by atoms with E-state index >= 15 is 0 Å². The van der Waals surface area contributed by atoms with Gasteiger partial charge in [-0.05, 0) is 59.1 Å². The Hall–Kier alpha value is -1.58. The maximum absolute atomic E-state index is 13.6. The van der Waals surface area contributed by atoms with E-state index in [9.17, 15) is 8.78 Å². The molecule has 2 aromatic rings. The Morgan fingerprint density at radius 2 is 1.86 bits per heavy atom. The predicted octanol–water partition coefficient (Wildman–Crippen LogP) is 5.67. The SMILES string of the molecule is N#CC1(Sc2ccc(Oc3ccc(F)cc3F)c(Br)c2)CC1. The molecule has 112 valence electrons. The van der Waals surface area contributed by atoms with E-state index in [0.29, 0.717) is 10.2 Å². The fraction of sp³-hybridized carbons (Fsp3) is 0.188. The summed E-state index contributed by atoms with van der Waals surface area (Å²) in [5.41, 5.74) is 0. The number of thioether (sulfide) groups is 1. The second-order valence-corrected chi connectivity index (χ2v) is 7.29. The van der Waals surface area contributed by atoms with Crippen molar-refractivity contribution in [1.29, 1.82) is 5.26 Å². The number of nitriles is 1. The minimum Gasteiger partial charge on any atom is -0.453 e. The van der Waals surface area contributed by atoms with Crippen LogP contribution < -0.4 is 4.74 Å². The van der Waals surface area contributed by atoms with Gasteiger partial charge in [0.2, 0.25) is 0 Å². The van der Waals surface area contributed by atoms with Gasteiger partial charge < -0.3 is 4.74 Å².